The van der Waals surface area contributed by atoms with E-state index in [2.05, 4.69) is 12.2 Å². The van der Waals surface area contributed by atoms with Crippen molar-refractivity contribution in [2.24, 2.45) is 17.1 Å². The summed E-state index contributed by atoms with van der Waals surface area (Å²) in [6.07, 6.45) is 4.13. The molecule has 1 aliphatic carbocycles. The van der Waals surface area contributed by atoms with Crippen LogP contribution in [0.15, 0.2) is 0 Å². The summed E-state index contributed by atoms with van der Waals surface area (Å²) >= 11 is 0. The van der Waals surface area contributed by atoms with Crippen molar-refractivity contribution < 1.29 is 14.3 Å². The van der Waals surface area contributed by atoms with Crippen LogP contribution in [-0.2, 0) is 14.3 Å². The zero-order valence-electron chi connectivity index (χ0n) is 13.4. The number of rotatable bonds is 3. The maximum Gasteiger partial charge on any atom is 0.241 e. The Bertz CT molecular complexity index is 431. The van der Waals surface area contributed by atoms with Gasteiger partial charge in [0.05, 0.1) is 11.7 Å². The SMILES string of the molecule is CC1(CNC(=O)C2(N)C3CCCOC3C2(C)C)CCCO1. The maximum absolute atomic E-state index is 12.8. The van der Waals surface area contributed by atoms with Crippen molar-refractivity contribution in [2.45, 2.75) is 63.7 Å². The van der Waals surface area contributed by atoms with Gasteiger partial charge >= 0.3 is 0 Å². The molecule has 21 heavy (non-hydrogen) atoms. The second-order valence-electron chi connectivity index (χ2n) is 7.72. The van der Waals surface area contributed by atoms with Crippen molar-refractivity contribution >= 4 is 5.91 Å². The van der Waals surface area contributed by atoms with E-state index in [-0.39, 0.29) is 28.9 Å². The van der Waals surface area contributed by atoms with Crippen LogP contribution in [0.1, 0.15) is 46.5 Å². The summed E-state index contributed by atoms with van der Waals surface area (Å²) in [5.74, 6) is 0.0922. The molecular formula is C16H28N2O3. The number of nitrogens with one attached hydrogen (secondary N) is 1. The number of carbonyl (C=O) groups is 1. The summed E-state index contributed by atoms with van der Waals surface area (Å²) in [6, 6.07) is 0. The highest BCUT2D eigenvalue weighted by Crippen LogP contribution is 2.57. The fourth-order valence-electron chi connectivity index (χ4n) is 4.43. The van der Waals surface area contributed by atoms with Crippen molar-refractivity contribution in [3.63, 3.8) is 0 Å². The van der Waals surface area contributed by atoms with Crippen LogP contribution < -0.4 is 11.1 Å². The summed E-state index contributed by atoms with van der Waals surface area (Å²) in [7, 11) is 0. The standard InChI is InChI=1S/C16H28N2O3/c1-14(2)12-11(6-4-8-20-12)16(14,17)13(19)18-10-15(3)7-5-9-21-15/h11-12H,4-10,17H2,1-3H3,(H,18,19). The van der Waals surface area contributed by atoms with Gasteiger partial charge in [0.25, 0.3) is 0 Å². The average molecular weight is 296 g/mol. The van der Waals surface area contributed by atoms with Gasteiger partial charge in [0.1, 0.15) is 5.54 Å². The predicted molar refractivity (Wildman–Crippen MR) is 79.8 cm³/mol. The summed E-state index contributed by atoms with van der Waals surface area (Å²) in [5, 5.41) is 3.05. The maximum atomic E-state index is 12.8. The van der Waals surface area contributed by atoms with Crippen LogP contribution >= 0.6 is 0 Å². The quantitative estimate of drug-likeness (QED) is 0.821. The highest BCUT2D eigenvalue weighted by atomic mass is 16.5. The summed E-state index contributed by atoms with van der Waals surface area (Å²) < 4.78 is 11.6. The molecule has 2 aliphatic heterocycles. The molecule has 2 saturated heterocycles. The van der Waals surface area contributed by atoms with Crippen LogP contribution in [0.3, 0.4) is 0 Å². The van der Waals surface area contributed by atoms with E-state index >= 15 is 0 Å². The molecule has 0 aromatic rings. The molecular weight excluding hydrogens is 268 g/mol. The van der Waals surface area contributed by atoms with Crippen molar-refractivity contribution in [1.82, 2.24) is 5.32 Å². The minimum absolute atomic E-state index is 0.0454. The first-order valence-electron chi connectivity index (χ1n) is 8.14. The van der Waals surface area contributed by atoms with E-state index in [4.69, 9.17) is 15.2 Å². The molecule has 3 rings (SSSR count). The lowest BCUT2D eigenvalue weighted by molar-refractivity contribution is -0.225. The largest absolute Gasteiger partial charge is 0.377 e. The van der Waals surface area contributed by atoms with E-state index in [1.165, 1.54) is 0 Å². The van der Waals surface area contributed by atoms with Crippen LogP contribution in [0.4, 0.5) is 0 Å². The van der Waals surface area contributed by atoms with Crippen LogP contribution in [-0.4, -0.2) is 42.9 Å². The van der Waals surface area contributed by atoms with Crippen molar-refractivity contribution in [3.05, 3.63) is 0 Å². The molecule has 0 radical (unpaired) electrons. The first kappa shape index (κ1) is 15.3. The molecule has 1 saturated carbocycles. The second kappa shape index (κ2) is 4.93. The number of ether oxygens (including phenoxy) is 2. The van der Waals surface area contributed by atoms with Gasteiger partial charge in [-0.1, -0.05) is 13.8 Å². The predicted octanol–water partition coefficient (Wildman–Crippen LogP) is 1.20. The van der Waals surface area contributed by atoms with Gasteiger partial charge in [0, 0.05) is 31.1 Å². The van der Waals surface area contributed by atoms with Gasteiger partial charge in [0.15, 0.2) is 0 Å². The Balaban J connectivity index is 1.68. The average Bonchev–Trinajstić information content (AvgIpc) is 2.91. The first-order valence-corrected chi connectivity index (χ1v) is 8.14. The molecule has 0 aromatic carbocycles. The molecule has 3 fully saturated rings. The van der Waals surface area contributed by atoms with E-state index in [1.807, 2.05) is 13.8 Å². The van der Waals surface area contributed by atoms with Gasteiger partial charge in [-0.15, -0.1) is 0 Å². The molecule has 0 aromatic heterocycles. The van der Waals surface area contributed by atoms with E-state index in [9.17, 15) is 4.79 Å². The highest BCUT2D eigenvalue weighted by molar-refractivity contribution is 5.89. The van der Waals surface area contributed by atoms with Crippen LogP contribution in [0.2, 0.25) is 0 Å². The molecule has 3 N–H and O–H groups in total. The Kier molecular flexibility index (Phi) is 3.58. The Labute approximate surface area is 126 Å². The van der Waals surface area contributed by atoms with E-state index in [0.717, 1.165) is 38.9 Å². The molecule has 5 nitrogen and oxygen atoms in total. The van der Waals surface area contributed by atoms with Gasteiger partial charge in [-0.05, 0) is 32.6 Å². The second-order valence-corrected chi connectivity index (χ2v) is 7.72. The van der Waals surface area contributed by atoms with Gasteiger partial charge in [0.2, 0.25) is 5.91 Å². The molecule has 5 heteroatoms. The summed E-state index contributed by atoms with van der Waals surface area (Å²) in [4.78, 5) is 12.8. The van der Waals surface area contributed by atoms with Crippen LogP contribution in [0.5, 0.6) is 0 Å². The zero-order chi connectivity index (χ0) is 15.3. The van der Waals surface area contributed by atoms with Gasteiger partial charge < -0.3 is 20.5 Å². The highest BCUT2D eigenvalue weighted by Gasteiger charge is 2.70. The van der Waals surface area contributed by atoms with Crippen molar-refractivity contribution in [3.8, 4) is 0 Å². The van der Waals surface area contributed by atoms with Gasteiger partial charge in [-0.3, -0.25) is 4.79 Å². The number of nitrogens with two attached hydrogens (primary N) is 1. The fourth-order valence-corrected chi connectivity index (χ4v) is 4.43. The third-order valence-corrected chi connectivity index (χ3v) is 5.98. The molecule has 0 spiro atoms. The first-order chi connectivity index (χ1) is 9.81. The van der Waals surface area contributed by atoms with E-state index < -0.39 is 5.54 Å². The number of fused-ring (bicyclic) bond motifs is 1. The smallest absolute Gasteiger partial charge is 0.241 e. The van der Waals surface area contributed by atoms with Gasteiger partial charge in [-0.2, -0.15) is 0 Å². The Hall–Kier alpha value is -0.650. The number of amides is 1. The normalized spacial score (nSPS) is 44.8. The molecule has 1 amide bonds. The minimum atomic E-state index is -0.826. The summed E-state index contributed by atoms with van der Waals surface area (Å²) in [5.41, 5.74) is 5.19. The molecule has 3 aliphatic rings. The Morgan fingerprint density at radius 2 is 2.05 bits per heavy atom. The zero-order valence-corrected chi connectivity index (χ0v) is 13.4. The molecule has 4 atom stereocenters. The monoisotopic (exact) mass is 296 g/mol. The number of carbonyl (C=O) groups excluding carboxylic acids is 1. The lowest BCUT2D eigenvalue weighted by Gasteiger charge is -2.65. The van der Waals surface area contributed by atoms with Gasteiger partial charge in [-0.25, -0.2) is 0 Å². The minimum Gasteiger partial charge on any atom is -0.377 e. The van der Waals surface area contributed by atoms with Crippen molar-refractivity contribution in [1.29, 1.82) is 0 Å². The Morgan fingerprint density at radius 1 is 1.29 bits per heavy atom. The van der Waals surface area contributed by atoms with E-state index in [0.29, 0.717) is 6.54 Å². The van der Waals surface area contributed by atoms with Crippen LogP contribution in [0, 0.1) is 11.3 Å². The molecule has 120 valence electrons. The number of hydrogen-bond donors (Lipinski definition) is 2. The fraction of sp³-hybridized carbons (Fsp3) is 0.938. The molecule has 0 bridgehead atoms. The lowest BCUT2D eigenvalue weighted by atomic mass is 9.46. The van der Waals surface area contributed by atoms with Crippen molar-refractivity contribution in [2.75, 3.05) is 19.8 Å². The third-order valence-electron chi connectivity index (χ3n) is 5.98. The topological polar surface area (TPSA) is 73.6 Å². The van der Waals surface area contributed by atoms with E-state index in [1.54, 1.807) is 0 Å². The molecule has 4 unspecified atom stereocenters. The molecule has 2 heterocycles. The third kappa shape index (κ3) is 2.13. The lowest BCUT2D eigenvalue weighted by Crippen LogP contribution is -2.82. The Morgan fingerprint density at radius 3 is 2.71 bits per heavy atom. The van der Waals surface area contributed by atoms with Crippen LogP contribution in [0.25, 0.3) is 0 Å². The summed E-state index contributed by atoms with van der Waals surface area (Å²) in [6.45, 7) is 8.26. The number of hydrogen-bond acceptors (Lipinski definition) is 4.